The Morgan fingerprint density at radius 1 is 1.71 bits per heavy atom. The number of aldehydes is 1. The van der Waals surface area contributed by atoms with E-state index in [2.05, 4.69) is 17.4 Å². The molecule has 1 fully saturated rings. The SMILES string of the molecule is CC1CCCC(CN)(CC2=NOC(C=O)N2)C1. The number of nitrogens with zero attached hydrogens (tertiary/aromatic N) is 1. The lowest BCUT2D eigenvalue weighted by Gasteiger charge is -2.39. The molecule has 1 aliphatic heterocycles. The van der Waals surface area contributed by atoms with Gasteiger partial charge in [-0.1, -0.05) is 24.9 Å². The number of carbonyl (C=O) groups excluding carboxylic acids is 1. The van der Waals surface area contributed by atoms with Gasteiger partial charge in [-0.05, 0) is 30.7 Å². The van der Waals surface area contributed by atoms with Crippen molar-refractivity contribution < 1.29 is 9.63 Å². The summed E-state index contributed by atoms with van der Waals surface area (Å²) in [6.07, 6.45) is 5.68. The van der Waals surface area contributed by atoms with Crippen LogP contribution in [0.15, 0.2) is 5.16 Å². The van der Waals surface area contributed by atoms with Crippen LogP contribution in [0.3, 0.4) is 0 Å². The topological polar surface area (TPSA) is 76.7 Å². The van der Waals surface area contributed by atoms with Crippen LogP contribution in [0.5, 0.6) is 0 Å². The Hall–Kier alpha value is -1.10. The summed E-state index contributed by atoms with van der Waals surface area (Å²) in [5.41, 5.74) is 6.08. The van der Waals surface area contributed by atoms with Gasteiger partial charge in [0.2, 0.25) is 0 Å². The fraction of sp³-hybridized carbons (Fsp3) is 0.833. The highest BCUT2D eigenvalue weighted by Gasteiger charge is 2.36. The highest BCUT2D eigenvalue weighted by molar-refractivity contribution is 5.86. The zero-order valence-corrected chi connectivity index (χ0v) is 10.3. The molecule has 0 bridgehead atoms. The van der Waals surface area contributed by atoms with Crippen molar-refractivity contribution in [1.29, 1.82) is 0 Å². The van der Waals surface area contributed by atoms with E-state index in [9.17, 15) is 4.79 Å². The third-order valence-electron chi connectivity index (χ3n) is 3.87. The van der Waals surface area contributed by atoms with Crippen molar-refractivity contribution >= 4 is 12.1 Å². The molecule has 3 atom stereocenters. The number of carbonyl (C=O) groups is 1. The van der Waals surface area contributed by atoms with E-state index in [1.54, 1.807) is 0 Å². The Bertz CT molecular complexity index is 319. The maximum atomic E-state index is 10.6. The summed E-state index contributed by atoms with van der Waals surface area (Å²) in [6.45, 7) is 2.95. The van der Waals surface area contributed by atoms with Gasteiger partial charge in [-0.25, -0.2) is 0 Å². The van der Waals surface area contributed by atoms with Crippen LogP contribution in [0.4, 0.5) is 0 Å². The molecule has 1 heterocycles. The predicted molar refractivity (Wildman–Crippen MR) is 65.2 cm³/mol. The van der Waals surface area contributed by atoms with Crippen LogP contribution < -0.4 is 11.1 Å². The van der Waals surface area contributed by atoms with Crippen molar-refractivity contribution in [3.8, 4) is 0 Å². The second kappa shape index (κ2) is 5.04. The molecule has 2 aliphatic rings. The van der Waals surface area contributed by atoms with E-state index in [0.717, 1.165) is 37.3 Å². The Morgan fingerprint density at radius 2 is 2.53 bits per heavy atom. The largest absolute Gasteiger partial charge is 0.361 e. The molecule has 0 saturated heterocycles. The van der Waals surface area contributed by atoms with Gasteiger partial charge in [-0.15, -0.1) is 0 Å². The third kappa shape index (κ3) is 2.77. The van der Waals surface area contributed by atoms with Gasteiger partial charge in [0.15, 0.2) is 6.29 Å². The summed E-state index contributed by atoms with van der Waals surface area (Å²) in [5.74, 6) is 1.48. The first kappa shape index (κ1) is 12.4. The van der Waals surface area contributed by atoms with Gasteiger partial charge in [0.25, 0.3) is 6.23 Å². The normalized spacial score (nSPS) is 36.9. The highest BCUT2D eigenvalue weighted by atomic mass is 16.7. The molecule has 5 nitrogen and oxygen atoms in total. The minimum absolute atomic E-state index is 0.130. The number of hydrogen-bond donors (Lipinski definition) is 2. The van der Waals surface area contributed by atoms with Gasteiger partial charge in [0.1, 0.15) is 5.84 Å². The molecule has 0 spiro atoms. The first-order valence-electron chi connectivity index (χ1n) is 6.32. The molecule has 96 valence electrons. The van der Waals surface area contributed by atoms with Crippen molar-refractivity contribution in [2.45, 2.75) is 45.3 Å². The summed E-state index contributed by atoms with van der Waals surface area (Å²) in [7, 11) is 0. The Balaban J connectivity index is 1.97. The van der Waals surface area contributed by atoms with Crippen LogP contribution in [0.2, 0.25) is 0 Å². The Labute approximate surface area is 102 Å². The van der Waals surface area contributed by atoms with Crippen LogP contribution in [0.25, 0.3) is 0 Å². The summed E-state index contributed by atoms with van der Waals surface area (Å²) in [6, 6.07) is 0. The fourth-order valence-electron chi connectivity index (χ4n) is 3.02. The molecule has 1 aliphatic carbocycles. The van der Waals surface area contributed by atoms with Gasteiger partial charge < -0.3 is 15.9 Å². The second-order valence-electron chi connectivity index (χ2n) is 5.43. The lowest BCUT2D eigenvalue weighted by atomic mass is 9.68. The molecular formula is C12H21N3O2. The molecule has 3 unspecified atom stereocenters. The van der Waals surface area contributed by atoms with Crippen molar-refractivity contribution in [3.05, 3.63) is 0 Å². The number of rotatable bonds is 4. The molecular weight excluding hydrogens is 218 g/mol. The molecule has 0 amide bonds. The number of nitrogens with two attached hydrogens (primary N) is 1. The fourth-order valence-corrected chi connectivity index (χ4v) is 3.02. The van der Waals surface area contributed by atoms with Crippen LogP contribution in [0, 0.1) is 11.3 Å². The van der Waals surface area contributed by atoms with Crippen LogP contribution in [0.1, 0.15) is 39.0 Å². The van der Waals surface area contributed by atoms with E-state index in [-0.39, 0.29) is 5.41 Å². The first-order chi connectivity index (χ1) is 8.17. The number of nitrogens with one attached hydrogen (secondary N) is 1. The van der Waals surface area contributed by atoms with E-state index in [0.29, 0.717) is 6.54 Å². The zero-order valence-electron chi connectivity index (χ0n) is 10.3. The molecule has 0 radical (unpaired) electrons. The summed E-state index contributed by atoms with van der Waals surface area (Å²) in [5, 5.41) is 6.88. The van der Waals surface area contributed by atoms with E-state index in [4.69, 9.17) is 10.6 Å². The van der Waals surface area contributed by atoms with Crippen molar-refractivity contribution in [3.63, 3.8) is 0 Å². The molecule has 1 saturated carbocycles. The minimum atomic E-state index is -0.610. The monoisotopic (exact) mass is 239 g/mol. The smallest absolute Gasteiger partial charge is 0.254 e. The summed E-state index contributed by atoms with van der Waals surface area (Å²) < 4.78 is 0. The lowest BCUT2D eigenvalue weighted by Crippen LogP contribution is -2.41. The van der Waals surface area contributed by atoms with Crippen LogP contribution >= 0.6 is 0 Å². The zero-order chi connectivity index (χ0) is 12.3. The van der Waals surface area contributed by atoms with Crippen molar-refractivity contribution in [1.82, 2.24) is 5.32 Å². The van der Waals surface area contributed by atoms with E-state index in [1.807, 2.05) is 0 Å². The molecule has 17 heavy (non-hydrogen) atoms. The Kier molecular flexibility index (Phi) is 3.66. The molecule has 0 aromatic carbocycles. The maximum Gasteiger partial charge on any atom is 0.254 e. The minimum Gasteiger partial charge on any atom is -0.361 e. The summed E-state index contributed by atoms with van der Waals surface area (Å²) in [4.78, 5) is 15.5. The van der Waals surface area contributed by atoms with Crippen LogP contribution in [-0.4, -0.2) is 24.9 Å². The van der Waals surface area contributed by atoms with Gasteiger partial charge in [0, 0.05) is 6.42 Å². The van der Waals surface area contributed by atoms with E-state index >= 15 is 0 Å². The van der Waals surface area contributed by atoms with Crippen LogP contribution in [-0.2, 0) is 9.63 Å². The first-order valence-corrected chi connectivity index (χ1v) is 6.32. The second-order valence-corrected chi connectivity index (χ2v) is 5.43. The van der Waals surface area contributed by atoms with E-state index < -0.39 is 6.23 Å². The Morgan fingerprint density at radius 3 is 3.12 bits per heavy atom. The maximum absolute atomic E-state index is 10.6. The van der Waals surface area contributed by atoms with Gasteiger partial charge in [0.05, 0.1) is 0 Å². The van der Waals surface area contributed by atoms with Gasteiger partial charge in [-0.2, -0.15) is 0 Å². The molecule has 0 aromatic heterocycles. The molecule has 5 heteroatoms. The van der Waals surface area contributed by atoms with Gasteiger partial charge in [-0.3, -0.25) is 4.79 Å². The molecule has 3 N–H and O–H groups in total. The van der Waals surface area contributed by atoms with Crippen molar-refractivity contribution in [2.24, 2.45) is 22.2 Å². The lowest BCUT2D eigenvalue weighted by molar-refractivity contribution is -0.117. The standard InChI is InChI=1S/C12H21N3O2/c1-9-3-2-4-12(5-9,8-13)6-10-14-11(7-16)17-15-10/h7,9,11H,2-6,8,13H2,1H3,(H,14,15). The quantitative estimate of drug-likeness (QED) is 0.717. The predicted octanol–water partition coefficient (Wildman–Crippen LogP) is 0.990. The third-order valence-corrected chi connectivity index (χ3v) is 3.87. The van der Waals surface area contributed by atoms with Gasteiger partial charge >= 0.3 is 0 Å². The number of hydrogen-bond acceptors (Lipinski definition) is 5. The average molecular weight is 239 g/mol. The highest BCUT2D eigenvalue weighted by Crippen LogP contribution is 2.41. The summed E-state index contributed by atoms with van der Waals surface area (Å²) >= 11 is 0. The number of oxime groups is 1. The molecule has 2 rings (SSSR count). The van der Waals surface area contributed by atoms with Crippen molar-refractivity contribution in [2.75, 3.05) is 6.54 Å². The average Bonchev–Trinajstić information content (AvgIpc) is 2.76. The number of amidine groups is 1. The molecule has 0 aromatic rings. The van der Waals surface area contributed by atoms with E-state index in [1.165, 1.54) is 12.8 Å².